The zero-order valence-electron chi connectivity index (χ0n) is 15.3. The standard InChI is InChI=1S/C20H16ClFN6O/c1-11(20(23)29)28-10-18-19(27-28)16(5-7-25-18)26-13-4-6-24-17(9-13)14-8-12(21)2-3-15(14)22/h2-11H,1H3,(H2,23,29)(H,24,26). The second-order valence-electron chi connectivity index (χ2n) is 6.46. The number of anilines is 2. The number of nitrogens with zero attached hydrogens (tertiary/aromatic N) is 4. The minimum absolute atomic E-state index is 0.306. The number of pyridine rings is 2. The fraction of sp³-hybridized carbons (Fsp3) is 0.100. The number of hydrogen-bond acceptors (Lipinski definition) is 5. The molecular weight excluding hydrogens is 395 g/mol. The number of hydrogen-bond donors (Lipinski definition) is 2. The number of nitrogens with two attached hydrogens (primary N) is 1. The largest absolute Gasteiger partial charge is 0.368 e. The van der Waals surface area contributed by atoms with Crippen LogP contribution in [0.15, 0.2) is 55.0 Å². The summed E-state index contributed by atoms with van der Waals surface area (Å²) in [5, 5.41) is 8.10. The maximum absolute atomic E-state index is 14.2. The molecule has 0 aliphatic carbocycles. The topological polar surface area (TPSA) is 98.7 Å². The number of benzene rings is 1. The van der Waals surface area contributed by atoms with Crippen molar-refractivity contribution in [2.75, 3.05) is 5.32 Å². The molecule has 9 heteroatoms. The molecule has 0 bridgehead atoms. The predicted molar refractivity (Wildman–Crippen MR) is 109 cm³/mol. The number of carbonyl (C=O) groups excluding carboxylic acids is 1. The van der Waals surface area contributed by atoms with E-state index in [-0.39, 0.29) is 0 Å². The van der Waals surface area contributed by atoms with Gasteiger partial charge in [0.05, 0.1) is 17.6 Å². The van der Waals surface area contributed by atoms with Crippen LogP contribution in [0.5, 0.6) is 0 Å². The summed E-state index contributed by atoms with van der Waals surface area (Å²) in [6.07, 6.45) is 4.86. The van der Waals surface area contributed by atoms with E-state index in [2.05, 4.69) is 20.4 Å². The van der Waals surface area contributed by atoms with Crippen molar-refractivity contribution >= 4 is 39.9 Å². The molecule has 0 saturated carbocycles. The van der Waals surface area contributed by atoms with Crippen molar-refractivity contribution in [1.82, 2.24) is 19.7 Å². The van der Waals surface area contributed by atoms with E-state index in [1.807, 2.05) is 0 Å². The molecule has 0 spiro atoms. The van der Waals surface area contributed by atoms with Crippen LogP contribution < -0.4 is 11.1 Å². The van der Waals surface area contributed by atoms with Crippen molar-refractivity contribution < 1.29 is 9.18 Å². The van der Waals surface area contributed by atoms with Crippen LogP contribution in [0.25, 0.3) is 22.3 Å². The minimum atomic E-state index is -0.601. The Labute approximate surface area is 170 Å². The van der Waals surface area contributed by atoms with Crippen LogP contribution in [0.2, 0.25) is 5.02 Å². The SMILES string of the molecule is CC(C(N)=O)n1cc2nccc(Nc3ccnc(-c4cc(Cl)ccc4F)c3)c2n1. The van der Waals surface area contributed by atoms with Gasteiger partial charge >= 0.3 is 0 Å². The Morgan fingerprint density at radius 2 is 2.00 bits per heavy atom. The molecule has 3 N–H and O–H groups in total. The molecule has 0 saturated heterocycles. The second kappa shape index (κ2) is 7.48. The molecule has 3 heterocycles. The van der Waals surface area contributed by atoms with Gasteiger partial charge < -0.3 is 11.1 Å². The van der Waals surface area contributed by atoms with Crippen LogP contribution in [0.4, 0.5) is 15.8 Å². The van der Waals surface area contributed by atoms with Crippen molar-refractivity contribution in [1.29, 1.82) is 0 Å². The van der Waals surface area contributed by atoms with Crippen molar-refractivity contribution in [3.63, 3.8) is 0 Å². The molecule has 4 rings (SSSR count). The summed E-state index contributed by atoms with van der Waals surface area (Å²) in [5.41, 5.74) is 8.65. The number of amides is 1. The third kappa shape index (κ3) is 3.74. The molecule has 1 atom stereocenters. The van der Waals surface area contributed by atoms with Crippen molar-refractivity contribution in [2.24, 2.45) is 5.73 Å². The summed E-state index contributed by atoms with van der Waals surface area (Å²) in [7, 11) is 0. The first-order chi connectivity index (χ1) is 13.9. The van der Waals surface area contributed by atoms with E-state index in [0.29, 0.717) is 38.7 Å². The molecule has 1 aromatic carbocycles. The zero-order valence-corrected chi connectivity index (χ0v) is 16.1. The summed E-state index contributed by atoms with van der Waals surface area (Å²) in [4.78, 5) is 20.0. The van der Waals surface area contributed by atoms with Gasteiger partial charge in [-0.2, -0.15) is 5.10 Å². The summed E-state index contributed by atoms with van der Waals surface area (Å²) >= 11 is 5.99. The lowest BCUT2D eigenvalue weighted by Crippen LogP contribution is -2.24. The summed E-state index contributed by atoms with van der Waals surface area (Å²) in [5.74, 6) is -0.904. The Morgan fingerprint density at radius 3 is 2.79 bits per heavy atom. The third-order valence-corrected chi connectivity index (χ3v) is 4.71. The van der Waals surface area contributed by atoms with Gasteiger partial charge in [0.15, 0.2) is 0 Å². The van der Waals surface area contributed by atoms with Gasteiger partial charge in [0.2, 0.25) is 5.91 Å². The molecule has 0 fully saturated rings. The lowest BCUT2D eigenvalue weighted by molar-refractivity contribution is -0.120. The smallest absolute Gasteiger partial charge is 0.241 e. The quantitative estimate of drug-likeness (QED) is 0.516. The first-order valence-electron chi connectivity index (χ1n) is 8.74. The number of carbonyl (C=O) groups is 1. The molecule has 29 heavy (non-hydrogen) atoms. The summed E-state index contributed by atoms with van der Waals surface area (Å²) in [6, 6.07) is 8.94. The third-order valence-electron chi connectivity index (χ3n) is 4.47. The average Bonchev–Trinajstić information content (AvgIpc) is 3.14. The molecule has 0 radical (unpaired) electrons. The fourth-order valence-electron chi connectivity index (χ4n) is 2.87. The van der Waals surface area contributed by atoms with Gasteiger partial charge in [-0.05, 0) is 43.3 Å². The lowest BCUT2D eigenvalue weighted by atomic mass is 10.1. The Hall–Kier alpha value is -3.52. The molecule has 4 aromatic rings. The highest BCUT2D eigenvalue weighted by Crippen LogP contribution is 2.29. The second-order valence-corrected chi connectivity index (χ2v) is 6.90. The minimum Gasteiger partial charge on any atom is -0.368 e. The van der Waals surface area contributed by atoms with Crippen molar-refractivity contribution in [3.05, 3.63) is 65.8 Å². The highest BCUT2D eigenvalue weighted by molar-refractivity contribution is 6.30. The molecule has 146 valence electrons. The van der Waals surface area contributed by atoms with Gasteiger partial charge in [0.1, 0.15) is 22.9 Å². The first-order valence-corrected chi connectivity index (χ1v) is 9.12. The van der Waals surface area contributed by atoms with E-state index < -0.39 is 17.8 Å². The Bertz CT molecular complexity index is 1220. The molecule has 0 aliphatic rings. The van der Waals surface area contributed by atoms with Crippen LogP contribution in [0.3, 0.4) is 0 Å². The Balaban J connectivity index is 1.70. The van der Waals surface area contributed by atoms with Gasteiger partial charge in [0, 0.05) is 28.7 Å². The number of rotatable bonds is 5. The van der Waals surface area contributed by atoms with E-state index in [0.717, 1.165) is 0 Å². The predicted octanol–water partition coefficient (Wildman–Crippen LogP) is 4.08. The summed E-state index contributed by atoms with van der Waals surface area (Å²) in [6.45, 7) is 1.66. The first kappa shape index (κ1) is 18.8. The molecule has 0 aliphatic heterocycles. The van der Waals surface area contributed by atoms with Gasteiger partial charge in [0.25, 0.3) is 0 Å². The maximum Gasteiger partial charge on any atom is 0.241 e. The molecular formula is C20H16ClFN6O. The van der Waals surface area contributed by atoms with Crippen LogP contribution in [-0.4, -0.2) is 25.7 Å². The highest BCUT2D eigenvalue weighted by atomic mass is 35.5. The van der Waals surface area contributed by atoms with Crippen LogP contribution in [0.1, 0.15) is 13.0 Å². The van der Waals surface area contributed by atoms with E-state index in [9.17, 15) is 9.18 Å². The van der Waals surface area contributed by atoms with Crippen molar-refractivity contribution in [2.45, 2.75) is 13.0 Å². The highest BCUT2D eigenvalue weighted by Gasteiger charge is 2.15. The van der Waals surface area contributed by atoms with Crippen LogP contribution in [-0.2, 0) is 4.79 Å². The Kier molecular flexibility index (Phi) is 4.85. The fourth-order valence-corrected chi connectivity index (χ4v) is 3.05. The number of fused-ring (bicyclic) bond motifs is 1. The number of primary amides is 1. The zero-order chi connectivity index (χ0) is 20.5. The monoisotopic (exact) mass is 410 g/mol. The molecule has 1 unspecified atom stereocenters. The van der Waals surface area contributed by atoms with E-state index in [1.165, 1.54) is 22.9 Å². The number of nitrogens with one attached hydrogen (secondary N) is 1. The van der Waals surface area contributed by atoms with Gasteiger partial charge in [-0.15, -0.1) is 0 Å². The van der Waals surface area contributed by atoms with E-state index >= 15 is 0 Å². The lowest BCUT2D eigenvalue weighted by Gasteiger charge is -2.09. The van der Waals surface area contributed by atoms with Gasteiger partial charge in [-0.1, -0.05) is 11.6 Å². The van der Waals surface area contributed by atoms with Gasteiger partial charge in [-0.25, -0.2) is 4.39 Å². The number of halogens is 2. The van der Waals surface area contributed by atoms with Crippen LogP contribution in [0, 0.1) is 5.82 Å². The Morgan fingerprint density at radius 1 is 1.21 bits per heavy atom. The maximum atomic E-state index is 14.2. The van der Waals surface area contributed by atoms with Crippen molar-refractivity contribution in [3.8, 4) is 11.3 Å². The summed E-state index contributed by atoms with van der Waals surface area (Å²) < 4.78 is 15.7. The normalized spacial score (nSPS) is 12.1. The van der Waals surface area contributed by atoms with E-state index in [1.54, 1.807) is 43.7 Å². The molecule has 7 nitrogen and oxygen atoms in total. The van der Waals surface area contributed by atoms with Crippen LogP contribution >= 0.6 is 11.6 Å². The van der Waals surface area contributed by atoms with Gasteiger partial charge in [-0.3, -0.25) is 19.4 Å². The van der Waals surface area contributed by atoms with E-state index in [4.69, 9.17) is 17.3 Å². The number of aromatic nitrogens is 4. The molecule has 1 amide bonds. The average molecular weight is 411 g/mol. The molecule has 3 aromatic heterocycles.